The van der Waals surface area contributed by atoms with Gasteiger partial charge in [-0.05, 0) is 86.1 Å². The molecule has 32 nitrogen and oxygen atoms in total. The van der Waals surface area contributed by atoms with Crippen LogP contribution in [0.25, 0.3) is 10.9 Å². The number of carboxylic acids is 2. The minimum absolute atomic E-state index is 0.00338. The lowest BCUT2D eigenvalue weighted by Crippen LogP contribution is -2.62. The highest BCUT2D eigenvalue weighted by atomic mass is 32.1. The number of nitrogens with one attached hydrogen (secondary N) is 12. The van der Waals surface area contributed by atoms with Gasteiger partial charge in [-0.15, -0.1) is 0 Å². The van der Waals surface area contributed by atoms with Crippen LogP contribution in [0.2, 0.25) is 0 Å². The zero-order valence-corrected chi connectivity index (χ0v) is 60.1. The lowest BCUT2D eigenvalue weighted by molar-refractivity contribution is -0.150. The first-order valence-corrected chi connectivity index (χ1v) is 35.6. The number of imidazole rings is 1. The minimum atomic E-state index is -1.94. The Morgan fingerprint density at radius 1 is 0.558 bits per heavy atom. The molecule has 0 saturated carbocycles. The van der Waals surface area contributed by atoms with E-state index in [-0.39, 0.29) is 68.9 Å². The third-order valence-electron chi connectivity index (χ3n) is 17.3. The Balaban J connectivity index is 1.17. The van der Waals surface area contributed by atoms with E-state index >= 15 is 0 Å². The van der Waals surface area contributed by atoms with Crippen LogP contribution in [0.1, 0.15) is 95.0 Å². The molecule has 1 aliphatic rings. The maximum Gasteiger partial charge on any atom is 0.326 e. The molecule has 1 aliphatic heterocycles. The topological polar surface area (TPSA) is 503 Å². The number of carboxylic acid groups (broad SMARTS) is 2. The molecule has 34 heteroatoms. The molecule has 5 aromatic rings. The summed E-state index contributed by atoms with van der Waals surface area (Å²) in [6.45, 7) is 6.23. The zero-order valence-electron chi connectivity index (χ0n) is 58.3. The fourth-order valence-electron chi connectivity index (χ4n) is 11.7. The predicted molar refractivity (Wildman–Crippen MR) is 388 cm³/mol. The van der Waals surface area contributed by atoms with E-state index in [1.165, 1.54) is 12.5 Å². The maximum absolute atomic E-state index is 14.9. The van der Waals surface area contributed by atoms with Crippen molar-refractivity contribution in [3.63, 3.8) is 0 Å². The van der Waals surface area contributed by atoms with Crippen molar-refractivity contribution in [1.29, 1.82) is 0 Å². The number of hydrogen-bond donors (Lipinski definition) is 19. The van der Waals surface area contributed by atoms with Crippen LogP contribution in [0, 0.1) is 11.8 Å². The molecule has 3 aromatic carbocycles. The van der Waals surface area contributed by atoms with Gasteiger partial charge in [0.25, 0.3) is 0 Å². The number of likely N-dealkylation sites (tertiary alicyclic amines) is 1. The molecule has 0 bridgehead atoms. The van der Waals surface area contributed by atoms with Crippen molar-refractivity contribution in [2.75, 3.05) is 31.2 Å². The number of fused-ring (bicyclic) bond motifs is 1. The zero-order chi connectivity index (χ0) is 76.2. The number of aliphatic hydroxyl groups is 1. The Bertz CT molecular complexity index is 3740. The Morgan fingerprint density at radius 3 is 1.56 bits per heavy atom. The van der Waals surface area contributed by atoms with Crippen LogP contribution in [-0.4, -0.2) is 216 Å². The number of aromatic nitrogens is 3. The predicted octanol–water partition coefficient (Wildman–Crippen LogP) is -1.43. The molecule has 0 spiro atoms. The van der Waals surface area contributed by atoms with E-state index in [2.05, 4.69) is 93.4 Å². The van der Waals surface area contributed by atoms with Gasteiger partial charge in [0.2, 0.25) is 65.0 Å². The molecule has 11 amide bonds. The summed E-state index contributed by atoms with van der Waals surface area (Å²) in [5.41, 5.74) is 15.1. The van der Waals surface area contributed by atoms with Gasteiger partial charge in [0.05, 0.1) is 25.4 Å². The SMILES string of the molecule is CC(C)C[C@H](NC(=O)[C@H](CS)NC(=O)[C@H](Cc1ccccc1)NC(=O)[C@H](Cc1ccccc1)NC(=O)[C@H](Cc1cnc[nH]1)NC(=O)[C@H](CC(=O)O)NC(=O)[C@H](CS)NC(=O)[C@@H](NC(=O)[C@H](CCCCN)NC(=O)[C@@H](N)Cc1c[nH]c2ccccc12)C(C)C)C(=O)N[C@@H](CO)C(=O)N1CCC[C@H]1C(=O)O. The van der Waals surface area contributed by atoms with E-state index < -0.39 is 174 Å². The number of hydrogen-bond acceptors (Lipinski definition) is 19. The lowest BCUT2D eigenvalue weighted by Gasteiger charge is -2.29. The third-order valence-corrected chi connectivity index (χ3v) is 18.1. The summed E-state index contributed by atoms with van der Waals surface area (Å²) >= 11 is 8.62. The van der Waals surface area contributed by atoms with Crippen LogP contribution in [0.3, 0.4) is 0 Å². The van der Waals surface area contributed by atoms with Gasteiger partial charge < -0.3 is 94.8 Å². The molecule has 104 heavy (non-hydrogen) atoms. The molecule has 564 valence electrons. The average Bonchev–Trinajstić information content (AvgIpc) is 1.37. The van der Waals surface area contributed by atoms with E-state index in [1.54, 1.807) is 94.6 Å². The van der Waals surface area contributed by atoms with Crippen LogP contribution in [0.5, 0.6) is 0 Å². The molecule has 6 rings (SSSR count). The Kier molecular flexibility index (Phi) is 33.1. The van der Waals surface area contributed by atoms with Gasteiger partial charge in [-0.2, -0.15) is 25.3 Å². The summed E-state index contributed by atoms with van der Waals surface area (Å²) in [7, 11) is 0. The summed E-state index contributed by atoms with van der Waals surface area (Å²) in [4.78, 5) is 192. The lowest BCUT2D eigenvalue weighted by atomic mass is 10.0. The number of benzene rings is 3. The Morgan fingerprint density at radius 2 is 1.04 bits per heavy atom. The van der Waals surface area contributed by atoms with Crippen molar-refractivity contribution < 1.29 is 77.6 Å². The van der Waals surface area contributed by atoms with E-state index in [0.717, 1.165) is 21.4 Å². The number of unbranched alkanes of at least 4 members (excludes halogenated alkanes) is 1. The number of para-hydroxylation sites is 1. The second-order valence-electron chi connectivity index (χ2n) is 26.2. The number of aliphatic carboxylic acids is 2. The Hall–Kier alpha value is -9.90. The number of carbonyl (C=O) groups is 13. The van der Waals surface area contributed by atoms with Crippen LogP contribution < -0.4 is 64.6 Å². The highest BCUT2D eigenvalue weighted by Gasteiger charge is 2.41. The molecule has 1 fully saturated rings. The quantitative estimate of drug-likeness (QED) is 0.0157. The van der Waals surface area contributed by atoms with Gasteiger partial charge in [-0.25, -0.2) is 9.78 Å². The smallest absolute Gasteiger partial charge is 0.326 e. The molecule has 0 aliphatic carbocycles. The van der Waals surface area contributed by atoms with E-state index in [9.17, 15) is 77.6 Å². The van der Waals surface area contributed by atoms with Gasteiger partial charge in [-0.1, -0.05) is 107 Å². The van der Waals surface area contributed by atoms with Crippen molar-refractivity contribution in [3.8, 4) is 0 Å². The van der Waals surface area contributed by atoms with E-state index in [1.807, 2.05) is 24.3 Å². The molecule has 0 radical (unpaired) electrons. The molecule has 12 atom stereocenters. The van der Waals surface area contributed by atoms with Gasteiger partial charge in [-0.3, -0.25) is 57.5 Å². The summed E-state index contributed by atoms with van der Waals surface area (Å²) in [6, 6.07) is 6.90. The number of aliphatic hydroxyl groups excluding tert-OH is 1. The standard InChI is InChI=1S/C70H96N16O16S2/c1-38(2)26-48(61(92)82-53(34-87)69(100)86-25-15-23-56(86)70(101)102)77-66(97)54(35-103)83-63(94)50(28-41-18-9-6-10-19-41)78-62(93)49(27-40-16-7-5-8-17-40)79-64(95)51(30-43-33-73-37-75-43)80-65(96)52(31-57(88)89)81-67(98)55(36-104)84-68(99)58(39(3)4)85-60(91)47(22-13-14-24-71)76-59(90)45(72)29-42-32-74-46-21-12-11-20-44(42)46/h5-12,16-21,32-33,37-39,45,47-56,58,74,87,103-104H,13-15,22-31,34-36,71-72H2,1-4H3,(H,73,75)(H,76,90)(H,77,97)(H,78,93)(H,79,95)(H,80,96)(H,81,98)(H,82,92)(H,83,94)(H,84,99)(H,85,91)(H,88,89)(H,101,102)/t45-,47-,48-,49-,50-,51-,52-,53-,54-,55-,56-,58-/m0/s1. The normalized spacial score (nSPS) is 16.0. The molecule has 1 saturated heterocycles. The maximum atomic E-state index is 14.9. The number of nitrogens with zero attached hydrogens (tertiary/aromatic N) is 2. The Labute approximate surface area is 612 Å². The van der Waals surface area contributed by atoms with Crippen LogP contribution in [0.15, 0.2) is 104 Å². The van der Waals surface area contributed by atoms with Crippen molar-refractivity contribution in [2.45, 2.75) is 171 Å². The van der Waals surface area contributed by atoms with Crippen LogP contribution in [0.4, 0.5) is 0 Å². The molecule has 2 aromatic heterocycles. The number of thiol groups is 2. The average molecular weight is 1480 g/mol. The van der Waals surface area contributed by atoms with Gasteiger partial charge in [0.1, 0.15) is 66.5 Å². The highest BCUT2D eigenvalue weighted by molar-refractivity contribution is 7.80. The minimum Gasteiger partial charge on any atom is -0.481 e. The third kappa shape index (κ3) is 25.2. The van der Waals surface area contributed by atoms with Crippen LogP contribution >= 0.6 is 25.3 Å². The van der Waals surface area contributed by atoms with Crippen molar-refractivity contribution in [2.24, 2.45) is 23.3 Å². The fraction of sp³-hybridized carbons (Fsp3) is 0.486. The summed E-state index contributed by atoms with van der Waals surface area (Å²) in [5, 5.41) is 56.7. The first kappa shape index (κ1) is 83.1. The highest BCUT2D eigenvalue weighted by Crippen LogP contribution is 2.21. The first-order valence-electron chi connectivity index (χ1n) is 34.3. The molecule has 3 heterocycles. The summed E-state index contributed by atoms with van der Waals surface area (Å²) in [5.74, 6) is -14.5. The molecule has 0 unspecified atom stereocenters. The summed E-state index contributed by atoms with van der Waals surface area (Å²) < 4.78 is 0. The number of carbonyl (C=O) groups excluding carboxylic acids is 11. The van der Waals surface area contributed by atoms with Crippen molar-refractivity contribution >= 4 is 113 Å². The monoisotopic (exact) mass is 1480 g/mol. The number of aromatic amines is 2. The first-order chi connectivity index (χ1) is 49.6. The second-order valence-corrected chi connectivity index (χ2v) is 26.9. The van der Waals surface area contributed by atoms with Crippen molar-refractivity contribution in [1.82, 2.24) is 73.0 Å². The number of H-pyrrole nitrogens is 2. The molecular formula is C70H96N16O16S2. The van der Waals surface area contributed by atoms with Gasteiger partial charge >= 0.3 is 11.9 Å². The van der Waals surface area contributed by atoms with E-state index in [4.69, 9.17) is 11.5 Å². The number of rotatable bonds is 42. The number of amides is 11. The number of nitrogens with two attached hydrogens (primary N) is 2. The van der Waals surface area contributed by atoms with Gasteiger partial charge in [0, 0.05) is 66.3 Å². The second kappa shape index (κ2) is 41.4. The van der Waals surface area contributed by atoms with Crippen molar-refractivity contribution in [3.05, 3.63) is 126 Å². The fourth-order valence-corrected chi connectivity index (χ4v) is 12.2. The molecular weight excluding hydrogens is 1380 g/mol. The summed E-state index contributed by atoms with van der Waals surface area (Å²) in [6.07, 6.45) is 4.26. The largest absolute Gasteiger partial charge is 0.481 e. The van der Waals surface area contributed by atoms with E-state index in [0.29, 0.717) is 36.9 Å². The molecule has 19 N–H and O–H groups in total. The van der Waals surface area contributed by atoms with Gasteiger partial charge in [0.15, 0.2) is 0 Å². The van der Waals surface area contributed by atoms with Crippen LogP contribution in [-0.2, 0) is 88.0 Å².